The molecule has 3 heterocycles. The number of aliphatic imine (C=N–C) groups is 1. The van der Waals surface area contributed by atoms with Gasteiger partial charge in [0.25, 0.3) is 0 Å². The lowest BCUT2D eigenvalue weighted by atomic mass is 10.1. The fraction of sp³-hybridized carbons (Fsp3) is 0.500. The average molecular weight is 413 g/mol. The summed E-state index contributed by atoms with van der Waals surface area (Å²) in [7, 11) is 1.63. The number of nitrogens with zero attached hydrogens (tertiary/aromatic N) is 4. The van der Waals surface area contributed by atoms with E-state index >= 15 is 0 Å². The molecule has 160 valence electrons. The van der Waals surface area contributed by atoms with E-state index in [0.29, 0.717) is 19.5 Å². The number of anilines is 1. The highest BCUT2D eigenvalue weighted by molar-refractivity contribution is 5.92. The molecule has 0 spiro atoms. The van der Waals surface area contributed by atoms with E-state index in [2.05, 4.69) is 26.9 Å². The van der Waals surface area contributed by atoms with Crippen molar-refractivity contribution >= 4 is 29.2 Å². The number of carbonyl (C=O) groups is 1. The Labute approximate surface area is 175 Å². The largest absolute Gasteiger partial charge is 0.495 e. The Hall–Kier alpha value is -2.74. The van der Waals surface area contributed by atoms with E-state index in [0.717, 1.165) is 41.9 Å². The Morgan fingerprint density at radius 1 is 1.43 bits per heavy atom. The van der Waals surface area contributed by atoms with E-state index in [1.54, 1.807) is 18.2 Å². The van der Waals surface area contributed by atoms with Gasteiger partial charge in [-0.25, -0.2) is 4.39 Å². The van der Waals surface area contributed by atoms with Crippen LogP contribution < -0.4 is 10.1 Å². The Balaban J connectivity index is 1.38. The Morgan fingerprint density at radius 2 is 2.30 bits per heavy atom. The molecular weight excluding hydrogens is 385 g/mol. The molecule has 2 saturated heterocycles. The van der Waals surface area contributed by atoms with E-state index in [4.69, 9.17) is 4.74 Å². The number of fused-ring (bicyclic) bond motifs is 1. The summed E-state index contributed by atoms with van der Waals surface area (Å²) in [6.45, 7) is 5.95. The number of likely N-dealkylation sites (tertiary alicyclic amines) is 2. The summed E-state index contributed by atoms with van der Waals surface area (Å²) in [4.78, 5) is 24.8. The van der Waals surface area contributed by atoms with Gasteiger partial charge in [-0.15, -0.1) is 0 Å². The van der Waals surface area contributed by atoms with Gasteiger partial charge < -0.3 is 15.0 Å². The molecule has 4 rings (SSSR count). The summed E-state index contributed by atoms with van der Waals surface area (Å²) in [6.07, 6.45) is 2.04. The van der Waals surface area contributed by atoms with E-state index in [9.17, 15) is 9.18 Å². The number of nitrogens with one attached hydrogen (secondary N) is 1. The Bertz CT molecular complexity index is 924. The predicted octanol–water partition coefficient (Wildman–Crippen LogP) is 2.37. The number of hydrogen-bond acceptors (Lipinski definition) is 6. The zero-order valence-corrected chi connectivity index (χ0v) is 17.3. The lowest BCUT2D eigenvalue weighted by molar-refractivity contribution is -0.133. The van der Waals surface area contributed by atoms with Crippen LogP contribution in [0.25, 0.3) is 10.9 Å². The van der Waals surface area contributed by atoms with Crippen LogP contribution in [0.2, 0.25) is 0 Å². The molecule has 0 unspecified atom stereocenters. The number of pyridine rings is 1. The fourth-order valence-corrected chi connectivity index (χ4v) is 4.45. The summed E-state index contributed by atoms with van der Waals surface area (Å²) in [5.74, 6) is 0.694. The number of carbonyl (C=O) groups excluding carboxylic acids is 1. The standard InChI is InChI=1S/C22H28FN5O2/c1-24-10-17-8-15(23)12-28(17)22(29)14-27-7-6-16(13-27)26-21-5-3-4-20-19(21)9-18(30-2)11-25-20/h3-5,9,11,15-17,26H,1,6-8,10,12-14H2,2H3/t15-,16+,17-/m0/s1. The third-order valence-electron chi connectivity index (χ3n) is 5.95. The predicted molar refractivity (Wildman–Crippen MR) is 116 cm³/mol. The Morgan fingerprint density at radius 3 is 3.10 bits per heavy atom. The molecule has 7 nitrogen and oxygen atoms in total. The SMILES string of the molecule is C=NC[C@@H]1C[C@H](F)CN1C(=O)CN1CC[C@@H](Nc2cccc3ncc(OC)cc23)C1. The van der Waals surface area contributed by atoms with Gasteiger partial charge in [-0.3, -0.25) is 19.7 Å². The lowest BCUT2D eigenvalue weighted by Gasteiger charge is -2.26. The summed E-state index contributed by atoms with van der Waals surface area (Å²) in [5, 5.41) is 4.61. The topological polar surface area (TPSA) is 70.1 Å². The van der Waals surface area contributed by atoms with Crippen LogP contribution in [0.5, 0.6) is 5.75 Å². The first-order chi connectivity index (χ1) is 14.6. The van der Waals surface area contributed by atoms with Crippen LogP contribution in [0, 0.1) is 0 Å². The normalized spacial score (nSPS) is 24.3. The maximum Gasteiger partial charge on any atom is 0.237 e. The van der Waals surface area contributed by atoms with Crippen molar-refractivity contribution < 1.29 is 13.9 Å². The van der Waals surface area contributed by atoms with Crippen molar-refractivity contribution in [2.45, 2.75) is 31.1 Å². The number of aromatic nitrogens is 1. The van der Waals surface area contributed by atoms with Gasteiger partial charge in [0.15, 0.2) is 0 Å². The highest BCUT2D eigenvalue weighted by atomic mass is 19.1. The second-order valence-electron chi connectivity index (χ2n) is 8.05. The van der Waals surface area contributed by atoms with E-state index < -0.39 is 6.17 Å². The Kier molecular flexibility index (Phi) is 6.13. The minimum Gasteiger partial charge on any atom is -0.495 e. The van der Waals surface area contributed by atoms with Gasteiger partial charge >= 0.3 is 0 Å². The number of methoxy groups -OCH3 is 1. The summed E-state index contributed by atoms with van der Waals surface area (Å²) in [6, 6.07) is 8.04. The van der Waals surface area contributed by atoms with Crippen LogP contribution in [0.15, 0.2) is 35.5 Å². The van der Waals surface area contributed by atoms with Crippen molar-refractivity contribution in [3.8, 4) is 5.75 Å². The maximum absolute atomic E-state index is 13.8. The first-order valence-corrected chi connectivity index (χ1v) is 10.3. The molecule has 3 atom stereocenters. The second-order valence-corrected chi connectivity index (χ2v) is 8.05. The molecular formula is C22H28FN5O2. The molecule has 2 aliphatic heterocycles. The number of halogens is 1. The first kappa shape index (κ1) is 20.5. The van der Waals surface area contributed by atoms with Crippen molar-refractivity contribution in [1.82, 2.24) is 14.8 Å². The van der Waals surface area contributed by atoms with Gasteiger partial charge in [0.05, 0.1) is 44.5 Å². The monoisotopic (exact) mass is 413 g/mol. The number of rotatable bonds is 7. The van der Waals surface area contributed by atoms with Crippen LogP contribution in [0.3, 0.4) is 0 Å². The molecule has 1 amide bonds. The molecule has 2 aromatic rings. The molecule has 1 aromatic heterocycles. The van der Waals surface area contributed by atoms with Crippen molar-refractivity contribution in [2.24, 2.45) is 4.99 Å². The van der Waals surface area contributed by atoms with Gasteiger partial charge in [0.2, 0.25) is 5.91 Å². The summed E-state index contributed by atoms with van der Waals surface area (Å²) < 4.78 is 19.1. The molecule has 0 saturated carbocycles. The van der Waals surface area contributed by atoms with Crippen LogP contribution >= 0.6 is 0 Å². The number of hydrogen-bond donors (Lipinski definition) is 1. The minimum atomic E-state index is -0.967. The van der Waals surface area contributed by atoms with Crippen molar-refractivity contribution in [3.05, 3.63) is 30.5 Å². The number of amides is 1. The third kappa shape index (κ3) is 4.38. The molecule has 0 bridgehead atoms. The van der Waals surface area contributed by atoms with Crippen molar-refractivity contribution in [1.29, 1.82) is 0 Å². The lowest BCUT2D eigenvalue weighted by Crippen LogP contribution is -2.43. The third-order valence-corrected chi connectivity index (χ3v) is 5.95. The quantitative estimate of drug-likeness (QED) is 0.706. The second kappa shape index (κ2) is 8.95. The average Bonchev–Trinajstić information content (AvgIpc) is 3.34. The zero-order chi connectivity index (χ0) is 21.1. The van der Waals surface area contributed by atoms with Crippen LogP contribution in [-0.4, -0.2) is 85.5 Å². The van der Waals surface area contributed by atoms with Crippen LogP contribution in [0.1, 0.15) is 12.8 Å². The minimum absolute atomic E-state index is 0.0245. The van der Waals surface area contributed by atoms with E-state index in [1.165, 1.54) is 0 Å². The molecule has 1 aromatic carbocycles. The molecule has 2 aliphatic rings. The van der Waals surface area contributed by atoms with Gasteiger partial charge in [-0.2, -0.15) is 0 Å². The smallest absolute Gasteiger partial charge is 0.237 e. The van der Waals surface area contributed by atoms with Crippen LogP contribution in [0.4, 0.5) is 10.1 Å². The molecule has 2 fully saturated rings. The summed E-state index contributed by atoms with van der Waals surface area (Å²) >= 11 is 0. The maximum atomic E-state index is 13.8. The summed E-state index contributed by atoms with van der Waals surface area (Å²) in [5.41, 5.74) is 1.91. The number of ether oxygens (including phenoxy) is 1. The molecule has 1 N–H and O–H groups in total. The number of benzene rings is 1. The zero-order valence-electron chi connectivity index (χ0n) is 17.3. The molecule has 0 radical (unpaired) electrons. The molecule has 0 aliphatic carbocycles. The van der Waals surface area contributed by atoms with Gasteiger partial charge in [0, 0.05) is 36.6 Å². The van der Waals surface area contributed by atoms with E-state index in [1.807, 2.05) is 24.3 Å². The molecule has 8 heteroatoms. The van der Waals surface area contributed by atoms with Crippen molar-refractivity contribution in [2.75, 3.05) is 45.2 Å². The first-order valence-electron chi connectivity index (χ1n) is 10.3. The molecule has 30 heavy (non-hydrogen) atoms. The van der Waals surface area contributed by atoms with Crippen LogP contribution in [-0.2, 0) is 4.79 Å². The highest BCUT2D eigenvalue weighted by Crippen LogP contribution is 2.28. The van der Waals surface area contributed by atoms with Gasteiger partial charge in [0.1, 0.15) is 11.9 Å². The van der Waals surface area contributed by atoms with Gasteiger partial charge in [-0.05, 0) is 31.3 Å². The number of alkyl halides is 1. The highest BCUT2D eigenvalue weighted by Gasteiger charge is 2.36. The van der Waals surface area contributed by atoms with Gasteiger partial charge in [-0.1, -0.05) is 6.07 Å². The fourth-order valence-electron chi connectivity index (χ4n) is 4.45. The van der Waals surface area contributed by atoms with E-state index in [-0.39, 0.29) is 24.5 Å². The van der Waals surface area contributed by atoms with Crippen molar-refractivity contribution in [3.63, 3.8) is 0 Å².